The first-order valence-corrected chi connectivity index (χ1v) is 12.8. The average Bonchev–Trinajstić information content (AvgIpc) is 2.40. The van der Waals surface area contributed by atoms with Crippen LogP contribution in [0, 0.1) is 0 Å². The van der Waals surface area contributed by atoms with Crippen molar-refractivity contribution in [3.05, 3.63) is 28.9 Å². The Morgan fingerprint density at radius 3 is 2.50 bits per heavy atom. The Kier molecular flexibility index (Phi) is 7.80. The highest BCUT2D eigenvalue weighted by atomic mass is 32.2. The minimum Gasteiger partial charge on any atom is -0.408 e. The van der Waals surface area contributed by atoms with Gasteiger partial charge >= 0.3 is 0 Å². The largest absolute Gasteiger partial charge is 0.408 e. The molecule has 1 aliphatic carbocycles. The summed E-state index contributed by atoms with van der Waals surface area (Å²) in [6.07, 6.45) is 9.69. The summed E-state index contributed by atoms with van der Waals surface area (Å²) in [5.74, 6) is 1.28. The molecule has 136 valence electrons. The molecule has 0 atom stereocenters. The van der Waals surface area contributed by atoms with Crippen LogP contribution in [-0.2, 0) is 9.22 Å². The number of allylic oxidation sites excluding steroid dienone is 2. The molecule has 1 rings (SSSR count). The van der Waals surface area contributed by atoms with Crippen molar-refractivity contribution in [1.82, 2.24) is 0 Å². The van der Waals surface area contributed by atoms with E-state index in [4.69, 9.17) is 4.43 Å². The van der Waals surface area contributed by atoms with Gasteiger partial charge in [0.15, 0.2) is 14.1 Å². The number of hydrogen-bond donors (Lipinski definition) is 0. The van der Waals surface area contributed by atoms with Crippen LogP contribution in [-0.4, -0.2) is 25.5 Å². The predicted molar refractivity (Wildman–Crippen MR) is 109 cm³/mol. The second-order valence-corrected chi connectivity index (χ2v) is 14.5. The fourth-order valence-electron chi connectivity index (χ4n) is 2.31. The fraction of sp³-hybridized carbons (Fsp3) is 0.700. The maximum Gasteiger partial charge on any atom is 0.193 e. The lowest BCUT2D eigenvalue weighted by Crippen LogP contribution is -2.46. The summed E-state index contributed by atoms with van der Waals surface area (Å²) in [5.41, 5.74) is 3.01. The van der Waals surface area contributed by atoms with Crippen LogP contribution >= 0.6 is 11.8 Å². The van der Waals surface area contributed by atoms with Crippen molar-refractivity contribution in [3.63, 3.8) is 0 Å². The van der Waals surface area contributed by atoms with E-state index in [9.17, 15) is 4.79 Å². The zero-order valence-corrected chi connectivity index (χ0v) is 18.3. The van der Waals surface area contributed by atoms with Crippen LogP contribution in [0.5, 0.6) is 0 Å². The Hall–Kier alpha value is -0.543. The van der Waals surface area contributed by atoms with Crippen LogP contribution < -0.4 is 0 Å². The first kappa shape index (κ1) is 21.5. The van der Waals surface area contributed by atoms with Gasteiger partial charge in [0.1, 0.15) is 0 Å². The van der Waals surface area contributed by atoms with Gasteiger partial charge in [0, 0.05) is 12.2 Å². The first-order chi connectivity index (χ1) is 10.9. The van der Waals surface area contributed by atoms with Gasteiger partial charge in [0.05, 0.1) is 5.60 Å². The molecule has 0 fully saturated rings. The number of thioether (sulfide) groups is 1. The molecule has 0 bridgehead atoms. The van der Waals surface area contributed by atoms with E-state index in [0.29, 0.717) is 0 Å². The summed E-state index contributed by atoms with van der Waals surface area (Å²) in [6, 6.07) is 0. The van der Waals surface area contributed by atoms with Crippen LogP contribution in [0.3, 0.4) is 0 Å². The first-order valence-electron chi connectivity index (χ1n) is 8.91. The van der Waals surface area contributed by atoms with Gasteiger partial charge in [-0.1, -0.05) is 20.8 Å². The molecule has 0 aromatic carbocycles. The van der Waals surface area contributed by atoms with Gasteiger partial charge in [0.25, 0.3) is 0 Å². The second-order valence-electron chi connectivity index (χ2n) is 8.55. The molecule has 2 nitrogen and oxygen atoms in total. The Morgan fingerprint density at radius 1 is 1.25 bits per heavy atom. The predicted octanol–water partition coefficient (Wildman–Crippen LogP) is 6.26. The molecule has 0 heterocycles. The highest BCUT2D eigenvalue weighted by Gasteiger charge is 2.40. The van der Waals surface area contributed by atoms with Crippen LogP contribution in [0.1, 0.15) is 60.3 Å². The third-order valence-corrected chi connectivity index (χ3v) is 10.4. The smallest absolute Gasteiger partial charge is 0.193 e. The van der Waals surface area contributed by atoms with Crippen molar-refractivity contribution in [2.75, 3.05) is 5.75 Å². The van der Waals surface area contributed by atoms with Crippen LogP contribution in [0.2, 0.25) is 18.1 Å². The number of ketones is 1. The molecule has 0 N–H and O–H groups in total. The van der Waals surface area contributed by atoms with E-state index in [1.807, 2.05) is 12.2 Å². The summed E-state index contributed by atoms with van der Waals surface area (Å²) in [6.45, 7) is 15.6. The van der Waals surface area contributed by atoms with E-state index >= 15 is 0 Å². The highest BCUT2D eigenvalue weighted by molar-refractivity contribution is 8.03. The minimum absolute atomic E-state index is 0.212. The number of rotatable bonds is 7. The number of hydrogen-bond acceptors (Lipinski definition) is 3. The number of carbonyl (C=O) groups is 1. The van der Waals surface area contributed by atoms with Crippen molar-refractivity contribution in [3.8, 4) is 0 Å². The Balaban J connectivity index is 2.46. The van der Waals surface area contributed by atoms with Gasteiger partial charge in [0.2, 0.25) is 0 Å². The van der Waals surface area contributed by atoms with E-state index < -0.39 is 8.32 Å². The zero-order valence-electron chi connectivity index (χ0n) is 16.5. The van der Waals surface area contributed by atoms with Crippen molar-refractivity contribution in [2.45, 2.75) is 84.0 Å². The molecule has 0 spiro atoms. The van der Waals surface area contributed by atoms with Crippen LogP contribution in [0.25, 0.3) is 0 Å². The third kappa shape index (κ3) is 7.56. The minimum atomic E-state index is -1.77. The molecule has 4 heteroatoms. The second kappa shape index (κ2) is 8.71. The van der Waals surface area contributed by atoms with Crippen molar-refractivity contribution < 1.29 is 9.22 Å². The molecule has 0 aliphatic heterocycles. The zero-order chi connectivity index (χ0) is 18.4. The van der Waals surface area contributed by atoms with Crippen LogP contribution in [0.4, 0.5) is 0 Å². The molecular weight excluding hydrogens is 332 g/mol. The van der Waals surface area contributed by atoms with Gasteiger partial charge in [-0.05, 0) is 74.4 Å². The summed E-state index contributed by atoms with van der Waals surface area (Å²) in [5, 5.41) is 0.212. The molecule has 24 heavy (non-hydrogen) atoms. The van der Waals surface area contributed by atoms with E-state index in [1.165, 1.54) is 4.91 Å². The van der Waals surface area contributed by atoms with E-state index in [-0.39, 0.29) is 16.4 Å². The lowest BCUT2D eigenvalue weighted by atomic mass is 10.1. The molecule has 0 saturated heterocycles. The van der Waals surface area contributed by atoms with Gasteiger partial charge in [-0.15, -0.1) is 17.5 Å². The van der Waals surface area contributed by atoms with E-state index in [1.54, 1.807) is 11.8 Å². The van der Waals surface area contributed by atoms with Crippen molar-refractivity contribution in [1.29, 1.82) is 0 Å². The summed E-state index contributed by atoms with van der Waals surface area (Å²) >= 11 is 1.80. The number of carbonyl (C=O) groups excluding carboxylic acids is 1. The normalized spacial score (nSPS) is 16.5. The molecule has 0 radical (unpaired) electrons. The Labute approximate surface area is 154 Å². The van der Waals surface area contributed by atoms with E-state index in [0.717, 1.165) is 31.4 Å². The third-order valence-electron chi connectivity index (χ3n) is 4.59. The maximum absolute atomic E-state index is 11.4. The average molecular weight is 367 g/mol. The molecule has 0 saturated carbocycles. The highest BCUT2D eigenvalue weighted by Crippen LogP contribution is 2.39. The SMILES string of the molecule is CC(C)(C=C=CCCSC1=CC(=O)CCC1)O[Si](C)(C)C(C)(C)C. The summed E-state index contributed by atoms with van der Waals surface area (Å²) < 4.78 is 6.45. The summed E-state index contributed by atoms with van der Waals surface area (Å²) in [4.78, 5) is 12.6. The lowest BCUT2D eigenvalue weighted by Gasteiger charge is -2.41. The molecule has 0 aromatic heterocycles. The van der Waals surface area contributed by atoms with Gasteiger partial charge in [-0.2, -0.15) is 0 Å². The van der Waals surface area contributed by atoms with Crippen molar-refractivity contribution >= 4 is 25.9 Å². The monoisotopic (exact) mass is 366 g/mol. The maximum atomic E-state index is 11.4. The van der Waals surface area contributed by atoms with Gasteiger partial charge in [-0.25, -0.2) is 0 Å². The quantitative estimate of drug-likeness (QED) is 0.302. The molecule has 0 amide bonds. The lowest BCUT2D eigenvalue weighted by molar-refractivity contribution is -0.115. The van der Waals surface area contributed by atoms with Crippen LogP contribution in [0.15, 0.2) is 28.9 Å². The van der Waals surface area contributed by atoms with Gasteiger partial charge < -0.3 is 4.43 Å². The molecule has 0 unspecified atom stereocenters. The molecule has 0 aromatic rings. The van der Waals surface area contributed by atoms with E-state index in [2.05, 4.69) is 59.5 Å². The topological polar surface area (TPSA) is 26.3 Å². The standard InChI is InChI=1S/C20H34O2SSi/c1-19(2,3)24(6,7)22-20(4,5)14-9-8-10-15-23-18-13-11-12-17(21)16-18/h8,14,16H,10-13,15H2,1-7H3. The fourth-order valence-corrected chi connectivity index (χ4v) is 4.99. The Bertz CT molecular complexity index is 532. The van der Waals surface area contributed by atoms with Crippen molar-refractivity contribution in [2.24, 2.45) is 0 Å². The Morgan fingerprint density at radius 2 is 1.92 bits per heavy atom. The van der Waals surface area contributed by atoms with Gasteiger partial charge in [-0.3, -0.25) is 4.79 Å². The molecule has 1 aliphatic rings. The molecular formula is C20H34O2SSi. The summed E-state index contributed by atoms with van der Waals surface area (Å²) in [7, 11) is -1.77.